The summed E-state index contributed by atoms with van der Waals surface area (Å²) in [6.45, 7) is 0.546. The largest absolute Gasteiger partial charge is 0.351 e. The van der Waals surface area contributed by atoms with Crippen molar-refractivity contribution in [2.75, 3.05) is 5.75 Å². The summed E-state index contributed by atoms with van der Waals surface area (Å²) >= 11 is 1.45. The molecular formula is C16H15NO2S. The zero-order valence-corrected chi connectivity index (χ0v) is 11.7. The SMILES string of the molecule is O=Cc1ccc(SCC(=O)NCc2ccccc2)cc1. The van der Waals surface area contributed by atoms with Gasteiger partial charge >= 0.3 is 0 Å². The molecule has 2 aromatic carbocycles. The van der Waals surface area contributed by atoms with Crippen molar-refractivity contribution in [3.05, 3.63) is 65.7 Å². The summed E-state index contributed by atoms with van der Waals surface area (Å²) in [7, 11) is 0. The minimum Gasteiger partial charge on any atom is -0.351 e. The van der Waals surface area contributed by atoms with Crippen molar-refractivity contribution in [3.8, 4) is 0 Å². The molecule has 4 heteroatoms. The van der Waals surface area contributed by atoms with Gasteiger partial charge in [-0.25, -0.2) is 0 Å². The molecule has 0 spiro atoms. The molecule has 2 aromatic rings. The fourth-order valence-corrected chi connectivity index (χ4v) is 2.37. The van der Waals surface area contributed by atoms with Gasteiger partial charge in [-0.15, -0.1) is 11.8 Å². The average molecular weight is 285 g/mol. The molecule has 0 heterocycles. The molecule has 0 aliphatic carbocycles. The number of hydrogen-bond donors (Lipinski definition) is 1. The van der Waals surface area contributed by atoms with Crippen LogP contribution in [0.25, 0.3) is 0 Å². The molecule has 2 rings (SSSR count). The first-order valence-corrected chi connectivity index (χ1v) is 7.25. The number of amides is 1. The van der Waals surface area contributed by atoms with Gasteiger partial charge in [0.25, 0.3) is 0 Å². The van der Waals surface area contributed by atoms with E-state index < -0.39 is 0 Å². The van der Waals surface area contributed by atoms with Crippen molar-refractivity contribution in [1.29, 1.82) is 0 Å². The van der Waals surface area contributed by atoms with Crippen molar-refractivity contribution in [2.24, 2.45) is 0 Å². The quantitative estimate of drug-likeness (QED) is 0.655. The Morgan fingerprint density at radius 1 is 1.05 bits per heavy atom. The van der Waals surface area contributed by atoms with E-state index in [0.29, 0.717) is 17.9 Å². The van der Waals surface area contributed by atoms with Crippen LogP contribution in [-0.4, -0.2) is 17.9 Å². The highest BCUT2D eigenvalue weighted by Gasteiger charge is 2.03. The lowest BCUT2D eigenvalue weighted by Crippen LogP contribution is -2.24. The van der Waals surface area contributed by atoms with E-state index in [1.807, 2.05) is 42.5 Å². The van der Waals surface area contributed by atoms with E-state index in [2.05, 4.69) is 5.32 Å². The lowest BCUT2D eigenvalue weighted by Gasteiger charge is -2.05. The third-order valence-corrected chi connectivity index (χ3v) is 3.73. The topological polar surface area (TPSA) is 46.2 Å². The van der Waals surface area contributed by atoms with Crippen molar-refractivity contribution in [3.63, 3.8) is 0 Å². The van der Waals surface area contributed by atoms with E-state index in [4.69, 9.17) is 0 Å². The highest BCUT2D eigenvalue weighted by Crippen LogP contribution is 2.17. The molecule has 0 unspecified atom stereocenters. The Balaban J connectivity index is 1.75. The van der Waals surface area contributed by atoms with Gasteiger partial charge in [0, 0.05) is 17.0 Å². The smallest absolute Gasteiger partial charge is 0.230 e. The molecule has 0 saturated carbocycles. The van der Waals surface area contributed by atoms with E-state index in [1.165, 1.54) is 11.8 Å². The first-order chi connectivity index (χ1) is 9.78. The molecule has 0 aliphatic heterocycles. The molecule has 0 fully saturated rings. The highest BCUT2D eigenvalue weighted by molar-refractivity contribution is 8.00. The van der Waals surface area contributed by atoms with Gasteiger partial charge in [-0.3, -0.25) is 9.59 Å². The number of rotatable bonds is 6. The fourth-order valence-electron chi connectivity index (χ4n) is 1.64. The zero-order chi connectivity index (χ0) is 14.2. The number of aldehydes is 1. The van der Waals surface area contributed by atoms with Crippen LogP contribution in [0.2, 0.25) is 0 Å². The van der Waals surface area contributed by atoms with Crippen LogP contribution >= 0.6 is 11.8 Å². The van der Waals surface area contributed by atoms with E-state index in [0.717, 1.165) is 16.7 Å². The predicted molar refractivity (Wildman–Crippen MR) is 80.8 cm³/mol. The van der Waals surface area contributed by atoms with Crippen LogP contribution in [0.1, 0.15) is 15.9 Å². The first kappa shape index (κ1) is 14.3. The molecular weight excluding hydrogens is 270 g/mol. The van der Waals surface area contributed by atoms with Crippen LogP contribution in [0, 0.1) is 0 Å². The average Bonchev–Trinajstić information content (AvgIpc) is 2.52. The van der Waals surface area contributed by atoms with Gasteiger partial charge in [0.15, 0.2) is 0 Å². The maximum absolute atomic E-state index is 11.7. The van der Waals surface area contributed by atoms with Crippen LogP contribution in [0.5, 0.6) is 0 Å². The maximum Gasteiger partial charge on any atom is 0.230 e. The standard InChI is InChI=1S/C16H15NO2S/c18-11-14-6-8-15(9-7-14)20-12-16(19)17-10-13-4-2-1-3-5-13/h1-9,11H,10,12H2,(H,17,19). The monoisotopic (exact) mass is 285 g/mol. The maximum atomic E-state index is 11.7. The Bertz CT molecular complexity index is 567. The Kier molecular flexibility index (Phi) is 5.38. The van der Waals surface area contributed by atoms with Gasteiger partial charge in [0.2, 0.25) is 5.91 Å². The van der Waals surface area contributed by atoms with Crippen molar-refractivity contribution in [1.82, 2.24) is 5.32 Å². The second kappa shape index (κ2) is 7.50. The Morgan fingerprint density at radius 3 is 2.40 bits per heavy atom. The summed E-state index contributed by atoms with van der Waals surface area (Å²) in [5.41, 5.74) is 1.73. The number of carbonyl (C=O) groups is 2. The Hall–Kier alpha value is -2.07. The van der Waals surface area contributed by atoms with E-state index in [-0.39, 0.29) is 5.91 Å². The first-order valence-electron chi connectivity index (χ1n) is 6.26. The van der Waals surface area contributed by atoms with Crippen LogP contribution in [0.3, 0.4) is 0 Å². The zero-order valence-electron chi connectivity index (χ0n) is 10.9. The Labute approximate surface area is 122 Å². The van der Waals surface area contributed by atoms with Crippen molar-refractivity contribution >= 4 is 24.0 Å². The lowest BCUT2D eigenvalue weighted by atomic mass is 10.2. The highest BCUT2D eigenvalue weighted by atomic mass is 32.2. The van der Waals surface area contributed by atoms with Crippen LogP contribution < -0.4 is 5.32 Å². The van der Waals surface area contributed by atoms with Crippen molar-refractivity contribution < 1.29 is 9.59 Å². The van der Waals surface area contributed by atoms with E-state index >= 15 is 0 Å². The second-order valence-corrected chi connectivity index (χ2v) is 5.29. The molecule has 1 amide bonds. The number of benzene rings is 2. The summed E-state index contributed by atoms with van der Waals surface area (Å²) in [6, 6.07) is 17.0. The summed E-state index contributed by atoms with van der Waals surface area (Å²) in [5, 5.41) is 2.88. The van der Waals surface area contributed by atoms with E-state index in [1.54, 1.807) is 12.1 Å². The fraction of sp³-hybridized carbons (Fsp3) is 0.125. The number of hydrogen-bond acceptors (Lipinski definition) is 3. The molecule has 0 bridgehead atoms. The van der Waals surface area contributed by atoms with Crippen LogP contribution in [0.4, 0.5) is 0 Å². The number of carbonyl (C=O) groups excluding carboxylic acids is 2. The number of thioether (sulfide) groups is 1. The van der Waals surface area contributed by atoms with Gasteiger partial charge in [-0.1, -0.05) is 42.5 Å². The van der Waals surface area contributed by atoms with Gasteiger partial charge in [-0.2, -0.15) is 0 Å². The Morgan fingerprint density at radius 2 is 1.75 bits per heavy atom. The summed E-state index contributed by atoms with van der Waals surface area (Å²) < 4.78 is 0. The molecule has 0 radical (unpaired) electrons. The molecule has 1 N–H and O–H groups in total. The van der Waals surface area contributed by atoms with Crippen LogP contribution in [-0.2, 0) is 11.3 Å². The molecule has 102 valence electrons. The molecule has 0 aliphatic rings. The van der Waals surface area contributed by atoms with Gasteiger partial charge in [-0.05, 0) is 17.7 Å². The lowest BCUT2D eigenvalue weighted by molar-refractivity contribution is -0.118. The minimum atomic E-state index is -0.00156. The van der Waals surface area contributed by atoms with Crippen molar-refractivity contribution in [2.45, 2.75) is 11.4 Å². The van der Waals surface area contributed by atoms with E-state index in [9.17, 15) is 9.59 Å². The second-order valence-electron chi connectivity index (χ2n) is 4.24. The summed E-state index contributed by atoms with van der Waals surface area (Å²) in [5.74, 6) is 0.367. The van der Waals surface area contributed by atoms with Gasteiger partial charge < -0.3 is 5.32 Å². The summed E-state index contributed by atoms with van der Waals surface area (Å²) in [6.07, 6.45) is 0.807. The van der Waals surface area contributed by atoms with Crippen LogP contribution in [0.15, 0.2) is 59.5 Å². The molecule has 0 aromatic heterocycles. The van der Waals surface area contributed by atoms with Gasteiger partial charge in [0.1, 0.15) is 6.29 Å². The van der Waals surface area contributed by atoms with Gasteiger partial charge in [0.05, 0.1) is 5.75 Å². The third-order valence-electron chi connectivity index (χ3n) is 2.72. The molecule has 20 heavy (non-hydrogen) atoms. The normalized spacial score (nSPS) is 10.0. The number of nitrogens with one attached hydrogen (secondary N) is 1. The molecule has 0 saturated heterocycles. The molecule has 0 atom stereocenters. The summed E-state index contributed by atoms with van der Waals surface area (Å²) in [4.78, 5) is 23.2. The molecule has 3 nitrogen and oxygen atoms in total. The third kappa shape index (κ3) is 4.55. The predicted octanol–water partition coefficient (Wildman–Crippen LogP) is 2.91. The minimum absolute atomic E-state index is 0.00156.